The van der Waals surface area contributed by atoms with E-state index in [1.165, 1.54) is 20.0 Å². The highest BCUT2D eigenvalue weighted by Crippen LogP contribution is 2.06. The van der Waals surface area contributed by atoms with Gasteiger partial charge in [0.1, 0.15) is 0 Å². The van der Waals surface area contributed by atoms with E-state index in [1.54, 1.807) is 0 Å². The van der Waals surface area contributed by atoms with Crippen LogP contribution < -0.4 is 0 Å². The lowest BCUT2D eigenvalue weighted by atomic mass is 10.1. The summed E-state index contributed by atoms with van der Waals surface area (Å²) in [7, 11) is 1.40. The number of unbranched alkanes of at least 4 members (excludes halogenated alkanes) is 3. The molecule has 0 spiro atoms. The molecule has 0 aromatic heterocycles. The van der Waals surface area contributed by atoms with Crippen LogP contribution in [-0.4, -0.2) is 13.1 Å². The number of hydrogen-bond donors (Lipinski definition) is 0. The van der Waals surface area contributed by atoms with Crippen molar-refractivity contribution in [3.8, 4) is 11.8 Å². The molecule has 0 rings (SSSR count). The van der Waals surface area contributed by atoms with Gasteiger partial charge in [0.2, 0.25) is 0 Å². The summed E-state index contributed by atoms with van der Waals surface area (Å²) in [5.41, 5.74) is 3.86. The van der Waals surface area contributed by atoms with E-state index in [9.17, 15) is 4.79 Å². The van der Waals surface area contributed by atoms with Crippen molar-refractivity contribution in [1.82, 2.24) is 0 Å². The average molecular weight is 234 g/mol. The van der Waals surface area contributed by atoms with Gasteiger partial charge in [0, 0.05) is 18.4 Å². The molecule has 0 heterocycles. The first-order chi connectivity index (χ1) is 8.24. The molecule has 0 N–H and O–H groups in total. The van der Waals surface area contributed by atoms with Gasteiger partial charge < -0.3 is 4.74 Å². The molecule has 0 saturated heterocycles. The molecule has 0 bridgehead atoms. The van der Waals surface area contributed by atoms with Crippen LogP contribution in [0.5, 0.6) is 0 Å². The van der Waals surface area contributed by atoms with Crippen molar-refractivity contribution < 1.29 is 9.53 Å². The number of allylic oxidation sites excluding steroid dienone is 1. The summed E-state index contributed by atoms with van der Waals surface area (Å²) in [6, 6.07) is 0. The molecule has 0 radical (unpaired) electrons. The monoisotopic (exact) mass is 234 g/mol. The summed E-state index contributed by atoms with van der Waals surface area (Å²) in [4.78, 5) is 10.8. The van der Waals surface area contributed by atoms with Gasteiger partial charge >= 0.3 is 5.97 Å². The standard InChI is InChI=1S/C15H22O2/c1-4-6-8-11-14(5-2)12-9-7-10-13-15(16)17-3/h2,4,6-8,10-11,13H2,1,3H3. The smallest absolute Gasteiger partial charge is 0.305 e. The zero-order valence-corrected chi connectivity index (χ0v) is 11.0. The second-order valence-corrected chi connectivity index (χ2v) is 3.84. The first-order valence-corrected chi connectivity index (χ1v) is 6.19. The van der Waals surface area contributed by atoms with E-state index in [-0.39, 0.29) is 5.97 Å². The lowest BCUT2D eigenvalue weighted by molar-refractivity contribution is -0.140. The third-order valence-electron chi connectivity index (χ3n) is 2.39. The van der Waals surface area contributed by atoms with Gasteiger partial charge in [0.15, 0.2) is 0 Å². The van der Waals surface area contributed by atoms with Crippen LogP contribution in [0.4, 0.5) is 0 Å². The van der Waals surface area contributed by atoms with Gasteiger partial charge in [0.25, 0.3) is 0 Å². The fourth-order valence-electron chi connectivity index (χ4n) is 1.34. The van der Waals surface area contributed by atoms with Crippen LogP contribution in [0, 0.1) is 11.8 Å². The first kappa shape index (κ1) is 15.6. The van der Waals surface area contributed by atoms with Crippen LogP contribution in [0.1, 0.15) is 51.9 Å². The van der Waals surface area contributed by atoms with Crippen molar-refractivity contribution in [2.75, 3.05) is 7.11 Å². The van der Waals surface area contributed by atoms with E-state index in [4.69, 9.17) is 0 Å². The Morgan fingerprint density at radius 3 is 2.59 bits per heavy atom. The van der Waals surface area contributed by atoms with Gasteiger partial charge in [-0.15, -0.1) is 5.73 Å². The summed E-state index contributed by atoms with van der Waals surface area (Å²) in [6.07, 6.45) is 6.43. The quantitative estimate of drug-likeness (QED) is 0.291. The molecule has 94 valence electrons. The Labute approximate surface area is 105 Å². The SMILES string of the molecule is C=C=C(C#CCCCC(=O)OC)CCCCC. The molecule has 0 atom stereocenters. The predicted molar refractivity (Wildman–Crippen MR) is 70.4 cm³/mol. The largest absolute Gasteiger partial charge is 0.469 e. The minimum absolute atomic E-state index is 0.172. The Bertz CT molecular complexity index is 325. The molecule has 0 aliphatic carbocycles. The molecule has 2 heteroatoms. The Balaban J connectivity index is 3.81. The molecule has 2 nitrogen and oxygen atoms in total. The number of ether oxygens (including phenoxy) is 1. The highest BCUT2D eigenvalue weighted by molar-refractivity contribution is 5.69. The highest BCUT2D eigenvalue weighted by atomic mass is 16.5. The molecule has 0 aromatic carbocycles. The van der Waals surface area contributed by atoms with E-state index in [0.29, 0.717) is 12.8 Å². The molecule has 0 fully saturated rings. The fourth-order valence-corrected chi connectivity index (χ4v) is 1.34. The van der Waals surface area contributed by atoms with Crippen LogP contribution >= 0.6 is 0 Å². The lowest BCUT2D eigenvalue weighted by Crippen LogP contribution is -1.98. The van der Waals surface area contributed by atoms with Crippen LogP contribution in [0.3, 0.4) is 0 Å². The lowest BCUT2D eigenvalue weighted by Gasteiger charge is -1.96. The summed E-state index contributed by atoms with van der Waals surface area (Å²) in [5, 5.41) is 0. The highest BCUT2D eigenvalue weighted by Gasteiger charge is 1.97. The maximum absolute atomic E-state index is 10.8. The normalized spacial score (nSPS) is 8.82. The van der Waals surface area contributed by atoms with Crippen LogP contribution in [0.25, 0.3) is 0 Å². The van der Waals surface area contributed by atoms with E-state index in [2.05, 4.69) is 35.8 Å². The van der Waals surface area contributed by atoms with Gasteiger partial charge in [-0.1, -0.05) is 38.2 Å². The first-order valence-electron chi connectivity index (χ1n) is 6.19. The fraction of sp³-hybridized carbons (Fsp3) is 0.600. The second kappa shape index (κ2) is 11.0. The van der Waals surface area contributed by atoms with E-state index in [1.807, 2.05) is 0 Å². The molecule has 0 amide bonds. The molecule has 0 aliphatic rings. The summed E-state index contributed by atoms with van der Waals surface area (Å²) >= 11 is 0. The van der Waals surface area contributed by atoms with Crippen molar-refractivity contribution in [2.45, 2.75) is 51.9 Å². The zero-order chi connectivity index (χ0) is 12.9. The average Bonchev–Trinajstić information content (AvgIpc) is 2.36. The van der Waals surface area contributed by atoms with Gasteiger partial charge in [-0.05, 0) is 19.3 Å². The molecule has 0 aliphatic heterocycles. The number of esters is 1. The number of carbonyl (C=O) groups excluding carboxylic acids is 1. The summed E-state index contributed by atoms with van der Waals surface area (Å²) in [5.74, 6) is 5.93. The summed E-state index contributed by atoms with van der Waals surface area (Å²) < 4.78 is 4.55. The van der Waals surface area contributed by atoms with E-state index >= 15 is 0 Å². The molecule has 0 unspecified atom stereocenters. The van der Waals surface area contributed by atoms with Crippen LogP contribution in [0.15, 0.2) is 17.9 Å². The molecule has 17 heavy (non-hydrogen) atoms. The van der Waals surface area contributed by atoms with Crippen molar-refractivity contribution in [1.29, 1.82) is 0 Å². The van der Waals surface area contributed by atoms with E-state index < -0.39 is 0 Å². The Morgan fingerprint density at radius 2 is 2.00 bits per heavy atom. The number of hydrogen-bond acceptors (Lipinski definition) is 2. The molecular weight excluding hydrogens is 212 g/mol. The Morgan fingerprint density at radius 1 is 1.24 bits per heavy atom. The van der Waals surface area contributed by atoms with Gasteiger partial charge in [-0.25, -0.2) is 0 Å². The van der Waals surface area contributed by atoms with Crippen molar-refractivity contribution in [3.05, 3.63) is 17.9 Å². The van der Waals surface area contributed by atoms with Crippen LogP contribution in [0.2, 0.25) is 0 Å². The van der Waals surface area contributed by atoms with Crippen molar-refractivity contribution >= 4 is 5.97 Å². The van der Waals surface area contributed by atoms with Crippen molar-refractivity contribution in [2.24, 2.45) is 0 Å². The number of methoxy groups -OCH3 is 1. The third-order valence-corrected chi connectivity index (χ3v) is 2.39. The number of rotatable bonds is 7. The second-order valence-electron chi connectivity index (χ2n) is 3.84. The van der Waals surface area contributed by atoms with Crippen molar-refractivity contribution in [3.63, 3.8) is 0 Å². The van der Waals surface area contributed by atoms with E-state index in [0.717, 1.165) is 24.8 Å². The molecular formula is C15H22O2. The maximum atomic E-state index is 10.8. The Kier molecular flexibility index (Phi) is 10.1. The maximum Gasteiger partial charge on any atom is 0.305 e. The summed E-state index contributed by atoms with van der Waals surface area (Å²) in [6.45, 7) is 5.82. The Hall–Kier alpha value is -1.45. The topological polar surface area (TPSA) is 26.3 Å². The minimum Gasteiger partial charge on any atom is -0.469 e. The molecule has 0 aromatic rings. The molecule has 0 saturated carbocycles. The van der Waals surface area contributed by atoms with Crippen LogP contribution in [-0.2, 0) is 9.53 Å². The van der Waals surface area contributed by atoms with Gasteiger partial charge in [-0.2, -0.15) is 0 Å². The van der Waals surface area contributed by atoms with Gasteiger partial charge in [0.05, 0.1) is 7.11 Å². The number of carbonyl (C=O) groups is 1. The minimum atomic E-state index is -0.172. The van der Waals surface area contributed by atoms with Gasteiger partial charge in [-0.3, -0.25) is 4.79 Å². The zero-order valence-electron chi connectivity index (χ0n) is 11.0. The predicted octanol–water partition coefficient (Wildman–Crippen LogP) is 3.62. The third kappa shape index (κ3) is 9.48.